The maximum Gasteiger partial charge on any atom is 0.220 e. The van der Waals surface area contributed by atoms with Gasteiger partial charge in [-0.1, -0.05) is 23.8 Å². The Morgan fingerprint density at radius 1 is 1.04 bits per heavy atom. The number of nitrogens with zero attached hydrogens (tertiary/aromatic N) is 1. The highest BCUT2D eigenvalue weighted by molar-refractivity contribution is 5.99. The highest BCUT2D eigenvalue weighted by atomic mass is 16.1. The van der Waals surface area contributed by atoms with Crippen LogP contribution < -0.4 is 5.32 Å². The lowest BCUT2D eigenvalue weighted by Crippen LogP contribution is -2.25. The first kappa shape index (κ1) is 18.8. The summed E-state index contributed by atoms with van der Waals surface area (Å²) in [4.78, 5) is 28.5. The van der Waals surface area contributed by atoms with Gasteiger partial charge in [-0.05, 0) is 50.5 Å². The van der Waals surface area contributed by atoms with E-state index in [2.05, 4.69) is 10.3 Å². The van der Waals surface area contributed by atoms with Crippen molar-refractivity contribution in [3.63, 3.8) is 0 Å². The summed E-state index contributed by atoms with van der Waals surface area (Å²) >= 11 is 0. The molecular weight excluding hydrogens is 312 g/mol. The number of carbonyl (C=O) groups is 2. The first-order valence-corrected chi connectivity index (χ1v) is 8.75. The summed E-state index contributed by atoms with van der Waals surface area (Å²) in [5.74, 6) is 0.109. The third kappa shape index (κ3) is 5.82. The van der Waals surface area contributed by atoms with Crippen molar-refractivity contribution in [2.75, 3.05) is 6.54 Å². The molecule has 0 fully saturated rings. The fourth-order valence-corrected chi connectivity index (χ4v) is 3.12. The summed E-state index contributed by atoms with van der Waals surface area (Å²) in [6.45, 7) is 6.54. The number of amides is 1. The Morgan fingerprint density at radius 3 is 2.40 bits per heavy atom. The highest BCUT2D eigenvalue weighted by Crippen LogP contribution is 2.19. The van der Waals surface area contributed by atoms with E-state index in [-0.39, 0.29) is 11.7 Å². The lowest BCUT2D eigenvalue weighted by Gasteiger charge is -2.10. The second kappa shape index (κ2) is 9.11. The molecule has 0 aliphatic carbocycles. The summed E-state index contributed by atoms with van der Waals surface area (Å²) in [7, 11) is 0. The minimum atomic E-state index is -0.0129. The van der Waals surface area contributed by atoms with E-state index in [4.69, 9.17) is 0 Å². The molecule has 1 amide bonds. The van der Waals surface area contributed by atoms with Crippen molar-refractivity contribution in [3.8, 4) is 0 Å². The average molecular weight is 338 g/mol. The lowest BCUT2D eigenvalue weighted by atomic mass is 9.94. The van der Waals surface area contributed by atoms with Gasteiger partial charge in [0.05, 0.1) is 0 Å². The summed E-state index contributed by atoms with van der Waals surface area (Å²) in [5.41, 5.74) is 4.97. The molecule has 2 aromatic rings. The number of hydrogen-bond donors (Lipinski definition) is 1. The van der Waals surface area contributed by atoms with Crippen molar-refractivity contribution < 1.29 is 9.59 Å². The topological polar surface area (TPSA) is 59.1 Å². The molecule has 4 nitrogen and oxygen atoms in total. The van der Waals surface area contributed by atoms with Crippen LogP contribution in [0, 0.1) is 20.8 Å². The number of carbonyl (C=O) groups excluding carboxylic acids is 2. The second-order valence-corrected chi connectivity index (χ2v) is 6.47. The van der Waals surface area contributed by atoms with E-state index >= 15 is 0 Å². The van der Waals surface area contributed by atoms with Gasteiger partial charge in [0, 0.05) is 43.3 Å². The van der Waals surface area contributed by atoms with Crippen LogP contribution in [0.25, 0.3) is 0 Å². The van der Waals surface area contributed by atoms with Crippen molar-refractivity contribution >= 4 is 11.7 Å². The molecule has 1 N–H and O–H groups in total. The smallest absolute Gasteiger partial charge is 0.220 e. The molecule has 0 unspecified atom stereocenters. The summed E-state index contributed by atoms with van der Waals surface area (Å²) in [6.07, 6.45) is 3.81. The molecule has 0 spiro atoms. The van der Waals surface area contributed by atoms with Crippen LogP contribution in [-0.4, -0.2) is 23.2 Å². The molecule has 0 saturated carbocycles. The number of benzene rings is 1. The molecule has 132 valence electrons. The molecule has 0 saturated heterocycles. The van der Waals surface area contributed by atoms with Crippen molar-refractivity contribution in [2.45, 2.75) is 46.5 Å². The highest BCUT2D eigenvalue weighted by Gasteiger charge is 2.13. The van der Waals surface area contributed by atoms with E-state index in [9.17, 15) is 9.59 Å². The van der Waals surface area contributed by atoms with Crippen molar-refractivity contribution in [1.82, 2.24) is 10.3 Å². The molecule has 0 atom stereocenters. The Balaban J connectivity index is 1.73. The molecule has 1 aromatic carbocycles. The average Bonchev–Trinajstić information content (AvgIpc) is 2.55. The third-order valence-corrected chi connectivity index (χ3v) is 4.19. The Labute approximate surface area is 149 Å². The molecule has 2 rings (SSSR count). The maximum absolute atomic E-state index is 12.4. The fraction of sp³-hybridized carbons (Fsp3) is 0.381. The number of Topliss-reactive ketones (excluding diaryl/α,β-unsaturated/α-hetero) is 1. The van der Waals surface area contributed by atoms with Crippen LogP contribution in [0.1, 0.15) is 52.0 Å². The van der Waals surface area contributed by atoms with E-state index in [1.165, 1.54) is 5.56 Å². The minimum absolute atomic E-state index is 0.0129. The third-order valence-electron chi connectivity index (χ3n) is 4.19. The van der Waals surface area contributed by atoms with Gasteiger partial charge in [-0.25, -0.2) is 0 Å². The predicted octanol–water partition coefficient (Wildman–Crippen LogP) is 3.72. The zero-order valence-electron chi connectivity index (χ0n) is 15.3. The van der Waals surface area contributed by atoms with Gasteiger partial charge in [0.15, 0.2) is 5.78 Å². The minimum Gasteiger partial charge on any atom is -0.356 e. The molecule has 0 aliphatic heterocycles. The van der Waals surface area contributed by atoms with E-state index in [1.807, 2.05) is 51.1 Å². The summed E-state index contributed by atoms with van der Waals surface area (Å²) in [6, 6.07) is 9.81. The van der Waals surface area contributed by atoms with E-state index < -0.39 is 0 Å². The zero-order chi connectivity index (χ0) is 18.2. The zero-order valence-corrected chi connectivity index (χ0v) is 15.3. The number of ketones is 1. The molecule has 0 radical (unpaired) electrons. The van der Waals surface area contributed by atoms with Crippen LogP contribution in [0.15, 0.2) is 36.5 Å². The largest absolute Gasteiger partial charge is 0.356 e. The van der Waals surface area contributed by atoms with Gasteiger partial charge in [-0.3, -0.25) is 14.6 Å². The monoisotopic (exact) mass is 338 g/mol. The molecular formula is C21H26N2O2. The molecule has 1 heterocycles. The van der Waals surface area contributed by atoms with Gasteiger partial charge >= 0.3 is 0 Å². The first-order valence-electron chi connectivity index (χ1n) is 8.75. The number of aryl methyl sites for hydroxylation is 3. The van der Waals surface area contributed by atoms with E-state index in [0.29, 0.717) is 32.2 Å². The van der Waals surface area contributed by atoms with E-state index in [0.717, 1.165) is 22.4 Å². The van der Waals surface area contributed by atoms with Gasteiger partial charge in [0.2, 0.25) is 5.91 Å². The quantitative estimate of drug-likeness (QED) is 0.746. The van der Waals surface area contributed by atoms with Crippen LogP contribution >= 0.6 is 0 Å². The fourth-order valence-electron chi connectivity index (χ4n) is 3.12. The van der Waals surface area contributed by atoms with Crippen LogP contribution in [0.2, 0.25) is 0 Å². The van der Waals surface area contributed by atoms with Crippen molar-refractivity contribution in [3.05, 3.63) is 64.5 Å². The molecule has 0 aliphatic rings. The van der Waals surface area contributed by atoms with E-state index in [1.54, 1.807) is 6.20 Å². The summed E-state index contributed by atoms with van der Waals surface area (Å²) < 4.78 is 0. The van der Waals surface area contributed by atoms with Gasteiger partial charge in [0.1, 0.15) is 0 Å². The SMILES string of the molecule is Cc1cc(C)c(C(=O)CCCC(=O)NCCc2ccccn2)c(C)c1. The standard InChI is InChI=1S/C21H26N2O2/c1-15-13-16(2)21(17(3)14-15)19(24)8-6-9-20(25)23-12-10-18-7-4-5-11-22-18/h4-5,7,11,13-14H,6,8-10,12H2,1-3H3,(H,23,25). The number of rotatable bonds is 8. The Kier molecular flexibility index (Phi) is 6.87. The maximum atomic E-state index is 12.4. The molecule has 1 aromatic heterocycles. The number of nitrogens with one attached hydrogen (secondary N) is 1. The van der Waals surface area contributed by atoms with Gasteiger partial charge in [-0.2, -0.15) is 0 Å². The van der Waals surface area contributed by atoms with Gasteiger partial charge < -0.3 is 5.32 Å². The predicted molar refractivity (Wildman–Crippen MR) is 99.8 cm³/mol. The Hall–Kier alpha value is -2.49. The number of hydrogen-bond acceptors (Lipinski definition) is 3. The van der Waals surface area contributed by atoms with Crippen molar-refractivity contribution in [2.24, 2.45) is 0 Å². The van der Waals surface area contributed by atoms with Crippen LogP contribution in [0.4, 0.5) is 0 Å². The summed E-state index contributed by atoms with van der Waals surface area (Å²) in [5, 5.41) is 2.88. The number of aromatic nitrogens is 1. The molecule has 4 heteroatoms. The molecule has 25 heavy (non-hydrogen) atoms. The van der Waals surface area contributed by atoms with Crippen LogP contribution in [0.5, 0.6) is 0 Å². The van der Waals surface area contributed by atoms with Crippen molar-refractivity contribution in [1.29, 1.82) is 0 Å². The molecule has 0 bridgehead atoms. The van der Waals surface area contributed by atoms with Gasteiger partial charge in [-0.15, -0.1) is 0 Å². The normalized spacial score (nSPS) is 10.5. The second-order valence-electron chi connectivity index (χ2n) is 6.47. The Bertz CT molecular complexity index is 716. The van der Waals surface area contributed by atoms with Gasteiger partial charge in [0.25, 0.3) is 0 Å². The first-order chi connectivity index (χ1) is 12.0. The van der Waals surface area contributed by atoms with Crippen LogP contribution in [0.3, 0.4) is 0 Å². The van der Waals surface area contributed by atoms with Crippen LogP contribution in [-0.2, 0) is 11.2 Å². The lowest BCUT2D eigenvalue weighted by molar-refractivity contribution is -0.121. The number of pyridine rings is 1. The Morgan fingerprint density at radius 2 is 1.76 bits per heavy atom.